The van der Waals surface area contributed by atoms with Crippen molar-refractivity contribution in [2.24, 2.45) is 5.92 Å². The average Bonchev–Trinajstić information content (AvgIpc) is 1.91. The summed E-state index contributed by atoms with van der Waals surface area (Å²) in [6.45, 7) is 5.34. The molecule has 50 valence electrons. The highest BCUT2D eigenvalue weighted by molar-refractivity contribution is 4.66. The number of hydrogen-bond acceptors (Lipinski definition) is 1. The van der Waals surface area contributed by atoms with Crippen molar-refractivity contribution < 1.29 is 10.2 Å². The van der Waals surface area contributed by atoms with Gasteiger partial charge < -0.3 is 10.2 Å². The maximum atomic E-state index is 5.27. The van der Waals surface area contributed by atoms with Crippen molar-refractivity contribution >= 4 is 0 Å². The van der Waals surface area contributed by atoms with Gasteiger partial charge in [0.2, 0.25) is 0 Å². The molecule has 1 rings (SSSR count). The predicted octanol–water partition coefficient (Wildman–Crippen LogP) is 0.607. The Hall–Kier alpha value is -0.0800. The summed E-state index contributed by atoms with van der Waals surface area (Å²) in [6.07, 6.45) is 1.77. The highest BCUT2D eigenvalue weighted by Gasteiger charge is 2.18. The van der Waals surface area contributed by atoms with Crippen LogP contribution < -0.4 is 0 Å². The van der Waals surface area contributed by atoms with Gasteiger partial charge in [-0.1, -0.05) is 6.92 Å². The van der Waals surface area contributed by atoms with E-state index < -0.39 is 0 Å². The summed E-state index contributed by atoms with van der Waals surface area (Å²) in [5, 5.41) is 0. The molecule has 0 aromatic heterocycles. The molecule has 0 radical (unpaired) electrons. The van der Waals surface area contributed by atoms with Crippen LogP contribution in [0.5, 0.6) is 0 Å². The molecule has 2 heteroatoms. The van der Waals surface area contributed by atoms with Crippen molar-refractivity contribution in [1.29, 1.82) is 0 Å². The van der Waals surface area contributed by atoms with E-state index in [0.29, 0.717) is 6.10 Å². The Balaban J connectivity index is 0.000000490. The van der Waals surface area contributed by atoms with E-state index in [0.717, 1.165) is 12.5 Å². The van der Waals surface area contributed by atoms with Crippen LogP contribution in [0.15, 0.2) is 0 Å². The van der Waals surface area contributed by atoms with Crippen molar-refractivity contribution in [3.05, 3.63) is 0 Å². The Morgan fingerprint density at radius 2 is 2.00 bits per heavy atom. The van der Waals surface area contributed by atoms with Gasteiger partial charge in [-0.05, 0) is 19.3 Å². The Morgan fingerprint density at radius 1 is 1.38 bits per heavy atom. The maximum absolute atomic E-state index is 5.27. The first kappa shape index (κ1) is 7.92. The molecule has 2 unspecified atom stereocenters. The maximum Gasteiger partial charge on any atom is 0.0573 e. The highest BCUT2D eigenvalue weighted by Crippen LogP contribution is 2.18. The van der Waals surface area contributed by atoms with E-state index in [1.807, 2.05) is 0 Å². The van der Waals surface area contributed by atoms with Crippen molar-refractivity contribution in [1.82, 2.24) is 0 Å². The first-order chi connectivity index (χ1) is 3.30. The Morgan fingerprint density at radius 3 is 2.12 bits per heavy atom. The molecule has 1 saturated heterocycles. The van der Waals surface area contributed by atoms with Gasteiger partial charge in [0.1, 0.15) is 0 Å². The normalized spacial score (nSPS) is 36.8. The zero-order chi connectivity index (χ0) is 5.28. The van der Waals surface area contributed by atoms with Crippen LogP contribution >= 0.6 is 0 Å². The van der Waals surface area contributed by atoms with Crippen LogP contribution in [0.2, 0.25) is 0 Å². The third kappa shape index (κ3) is 1.46. The zero-order valence-corrected chi connectivity index (χ0v) is 5.48. The highest BCUT2D eigenvalue weighted by atomic mass is 16.5. The lowest BCUT2D eigenvalue weighted by Gasteiger charge is -2.04. The fourth-order valence-electron chi connectivity index (χ4n) is 0.839. The van der Waals surface area contributed by atoms with E-state index in [1.165, 1.54) is 6.42 Å². The number of rotatable bonds is 0. The lowest BCUT2D eigenvalue weighted by atomic mass is 10.1. The van der Waals surface area contributed by atoms with Crippen LogP contribution in [0.25, 0.3) is 0 Å². The van der Waals surface area contributed by atoms with Crippen molar-refractivity contribution in [2.75, 3.05) is 6.61 Å². The summed E-state index contributed by atoms with van der Waals surface area (Å²) in [5.74, 6) is 0.792. The second-order valence-corrected chi connectivity index (χ2v) is 2.34. The Bertz CT molecular complexity index is 55.5. The fourth-order valence-corrected chi connectivity index (χ4v) is 0.839. The number of ether oxygens (including phenoxy) is 1. The van der Waals surface area contributed by atoms with Crippen LogP contribution in [-0.4, -0.2) is 18.2 Å². The van der Waals surface area contributed by atoms with Crippen LogP contribution in [-0.2, 0) is 4.74 Å². The summed E-state index contributed by atoms with van der Waals surface area (Å²) >= 11 is 0. The smallest absolute Gasteiger partial charge is 0.0573 e. The molecular formula is C6H14O2. The standard InChI is InChI=1S/C6H12O.H2O/c1-5-3-4-7-6(5)2;/h5-6H,3-4H2,1-2H3;1H2. The quantitative estimate of drug-likeness (QED) is 0.459. The second kappa shape index (κ2) is 3.05. The minimum Gasteiger partial charge on any atom is -0.412 e. The molecule has 0 aliphatic carbocycles. The molecule has 2 atom stereocenters. The van der Waals surface area contributed by atoms with Gasteiger partial charge in [-0.2, -0.15) is 0 Å². The van der Waals surface area contributed by atoms with Gasteiger partial charge in [-0.3, -0.25) is 0 Å². The first-order valence-corrected chi connectivity index (χ1v) is 2.92. The molecular weight excluding hydrogens is 104 g/mol. The van der Waals surface area contributed by atoms with Crippen LogP contribution in [0, 0.1) is 5.92 Å². The molecule has 1 aliphatic heterocycles. The van der Waals surface area contributed by atoms with Gasteiger partial charge in [-0.15, -0.1) is 0 Å². The average molecular weight is 118 g/mol. The third-order valence-corrected chi connectivity index (χ3v) is 1.76. The van der Waals surface area contributed by atoms with E-state index in [2.05, 4.69) is 13.8 Å². The summed E-state index contributed by atoms with van der Waals surface area (Å²) in [5.41, 5.74) is 0. The van der Waals surface area contributed by atoms with Crippen molar-refractivity contribution in [3.8, 4) is 0 Å². The molecule has 0 saturated carbocycles. The molecule has 2 N–H and O–H groups in total. The van der Waals surface area contributed by atoms with E-state index in [9.17, 15) is 0 Å². The molecule has 0 spiro atoms. The molecule has 1 fully saturated rings. The van der Waals surface area contributed by atoms with Gasteiger partial charge in [-0.25, -0.2) is 0 Å². The Kier molecular flexibility index (Phi) is 3.02. The van der Waals surface area contributed by atoms with E-state index >= 15 is 0 Å². The molecule has 1 aliphatic rings. The molecule has 0 amide bonds. The van der Waals surface area contributed by atoms with Gasteiger partial charge in [0.25, 0.3) is 0 Å². The minimum absolute atomic E-state index is 0. The first-order valence-electron chi connectivity index (χ1n) is 2.92. The molecule has 0 bridgehead atoms. The lowest BCUT2D eigenvalue weighted by molar-refractivity contribution is 0.109. The third-order valence-electron chi connectivity index (χ3n) is 1.76. The summed E-state index contributed by atoms with van der Waals surface area (Å²) in [7, 11) is 0. The van der Waals surface area contributed by atoms with Crippen LogP contribution in [0.1, 0.15) is 20.3 Å². The van der Waals surface area contributed by atoms with Crippen LogP contribution in [0.3, 0.4) is 0 Å². The minimum atomic E-state index is 0. The molecule has 1 heterocycles. The van der Waals surface area contributed by atoms with Gasteiger partial charge in [0.15, 0.2) is 0 Å². The number of hydrogen-bond donors (Lipinski definition) is 0. The van der Waals surface area contributed by atoms with Gasteiger partial charge in [0.05, 0.1) is 6.10 Å². The van der Waals surface area contributed by atoms with Gasteiger partial charge in [0, 0.05) is 6.61 Å². The Labute approximate surface area is 50.2 Å². The summed E-state index contributed by atoms with van der Waals surface area (Å²) < 4.78 is 5.27. The topological polar surface area (TPSA) is 40.7 Å². The van der Waals surface area contributed by atoms with Crippen LogP contribution in [0.4, 0.5) is 0 Å². The SMILES string of the molecule is CC1CCOC1C.O. The predicted molar refractivity (Wildman–Crippen MR) is 32.8 cm³/mol. The molecule has 8 heavy (non-hydrogen) atoms. The summed E-state index contributed by atoms with van der Waals surface area (Å²) in [4.78, 5) is 0. The largest absolute Gasteiger partial charge is 0.412 e. The monoisotopic (exact) mass is 118 g/mol. The lowest BCUT2D eigenvalue weighted by Crippen LogP contribution is -2.05. The zero-order valence-electron chi connectivity index (χ0n) is 5.48. The molecule has 2 nitrogen and oxygen atoms in total. The van der Waals surface area contributed by atoms with Gasteiger partial charge >= 0.3 is 0 Å². The fraction of sp³-hybridized carbons (Fsp3) is 1.00. The van der Waals surface area contributed by atoms with Crippen molar-refractivity contribution in [2.45, 2.75) is 26.4 Å². The van der Waals surface area contributed by atoms with E-state index in [1.54, 1.807) is 0 Å². The van der Waals surface area contributed by atoms with Crippen molar-refractivity contribution in [3.63, 3.8) is 0 Å². The summed E-state index contributed by atoms with van der Waals surface area (Å²) in [6, 6.07) is 0. The molecule has 0 aromatic carbocycles. The van der Waals surface area contributed by atoms with E-state index in [4.69, 9.17) is 4.74 Å². The molecule has 0 aromatic rings. The van der Waals surface area contributed by atoms with E-state index in [-0.39, 0.29) is 5.48 Å². The second-order valence-electron chi connectivity index (χ2n) is 2.34.